The van der Waals surface area contributed by atoms with Crippen molar-refractivity contribution in [3.05, 3.63) is 41.3 Å². The Balaban J connectivity index is 1.65. The molecule has 2 aliphatic rings. The van der Waals surface area contributed by atoms with Gasteiger partial charge in [0.1, 0.15) is 5.69 Å². The largest absolute Gasteiger partial charge is 0.381 e. The lowest BCUT2D eigenvalue weighted by atomic mass is 10.1. The van der Waals surface area contributed by atoms with E-state index in [1.165, 1.54) is 5.56 Å². The third-order valence-corrected chi connectivity index (χ3v) is 5.26. The second kappa shape index (κ2) is 4.33. The highest BCUT2D eigenvalue weighted by molar-refractivity contribution is 6.32. The number of aromatic nitrogens is 4. The zero-order chi connectivity index (χ0) is 14.8. The average Bonchev–Trinajstić information content (AvgIpc) is 2.96. The molecule has 1 aliphatic heterocycles. The van der Waals surface area contributed by atoms with Crippen LogP contribution in [0.3, 0.4) is 0 Å². The van der Waals surface area contributed by atoms with Crippen LogP contribution in [-0.2, 0) is 11.8 Å². The van der Waals surface area contributed by atoms with Crippen LogP contribution in [-0.4, -0.2) is 32.8 Å². The van der Waals surface area contributed by atoms with Crippen LogP contribution in [0.2, 0.25) is 5.02 Å². The molecular weight excluding hydrogens is 300 g/mol. The highest BCUT2D eigenvalue weighted by atomic mass is 35.5. The van der Waals surface area contributed by atoms with Gasteiger partial charge in [0.05, 0.1) is 37.3 Å². The van der Waals surface area contributed by atoms with E-state index in [4.69, 9.17) is 16.3 Å². The third kappa shape index (κ3) is 1.69. The lowest BCUT2D eigenvalue weighted by molar-refractivity contribution is 0.160. The molecule has 22 heavy (non-hydrogen) atoms. The van der Waals surface area contributed by atoms with Gasteiger partial charge >= 0.3 is 0 Å². The molecule has 0 N–H and O–H groups in total. The Morgan fingerprint density at radius 3 is 2.73 bits per heavy atom. The molecule has 0 spiro atoms. The first kappa shape index (κ1) is 12.7. The smallest absolute Gasteiger partial charge is 0.103 e. The first-order valence-electron chi connectivity index (χ1n) is 7.46. The van der Waals surface area contributed by atoms with Crippen molar-refractivity contribution in [1.29, 1.82) is 0 Å². The Hall–Kier alpha value is -1.85. The number of halogens is 1. The summed E-state index contributed by atoms with van der Waals surface area (Å²) < 4.78 is 9.20. The average molecular weight is 315 g/mol. The lowest BCUT2D eigenvalue weighted by Crippen LogP contribution is -1.99. The molecule has 0 radical (unpaired) electrons. The van der Waals surface area contributed by atoms with Gasteiger partial charge in [-0.3, -0.25) is 4.68 Å². The highest BCUT2D eigenvalue weighted by Gasteiger charge is 2.55. The van der Waals surface area contributed by atoms with Gasteiger partial charge in [0.2, 0.25) is 0 Å². The maximum Gasteiger partial charge on any atom is 0.103 e. The molecule has 5 rings (SSSR count). The molecule has 2 aromatic heterocycles. The molecule has 3 heterocycles. The second-order valence-corrected chi connectivity index (χ2v) is 6.66. The molecule has 2 fully saturated rings. The van der Waals surface area contributed by atoms with Crippen molar-refractivity contribution >= 4 is 22.5 Å². The van der Waals surface area contributed by atoms with Crippen LogP contribution in [0.1, 0.15) is 11.5 Å². The first-order valence-corrected chi connectivity index (χ1v) is 7.84. The van der Waals surface area contributed by atoms with Crippen LogP contribution in [0.15, 0.2) is 30.7 Å². The van der Waals surface area contributed by atoms with Gasteiger partial charge in [-0.25, -0.2) is 4.68 Å². The summed E-state index contributed by atoms with van der Waals surface area (Å²) in [5.74, 6) is 1.83. The number of fused-ring (bicyclic) bond motifs is 2. The number of ether oxygens (including phenoxy) is 1. The van der Waals surface area contributed by atoms with Crippen LogP contribution in [0, 0.1) is 11.8 Å². The molecule has 6 heteroatoms. The second-order valence-electron chi connectivity index (χ2n) is 6.25. The number of nitrogens with zero attached hydrogens (tertiary/aromatic N) is 4. The van der Waals surface area contributed by atoms with Crippen LogP contribution in [0.25, 0.3) is 16.6 Å². The molecule has 0 amide bonds. The monoisotopic (exact) mass is 314 g/mol. The summed E-state index contributed by atoms with van der Waals surface area (Å²) in [6, 6.07) is 4.22. The molecule has 3 atom stereocenters. The molecule has 1 saturated heterocycles. The fraction of sp³-hybridized carbons (Fsp3) is 0.375. The maximum atomic E-state index is 6.51. The Morgan fingerprint density at radius 1 is 1.18 bits per heavy atom. The van der Waals surface area contributed by atoms with Crippen LogP contribution >= 0.6 is 11.6 Å². The minimum Gasteiger partial charge on any atom is -0.381 e. The Bertz CT molecular complexity index is 874. The molecule has 1 saturated carbocycles. The number of aryl methyl sites for hydroxylation is 1. The molecule has 112 valence electrons. The van der Waals surface area contributed by atoms with E-state index < -0.39 is 0 Å². The molecule has 5 nitrogen and oxygen atoms in total. The molecule has 1 aliphatic carbocycles. The summed E-state index contributed by atoms with van der Waals surface area (Å²) in [6.07, 6.45) is 5.63. The third-order valence-electron chi connectivity index (χ3n) is 4.93. The van der Waals surface area contributed by atoms with Crippen LogP contribution in [0.5, 0.6) is 0 Å². The number of hydrogen-bond donors (Lipinski definition) is 0. The van der Waals surface area contributed by atoms with Gasteiger partial charge in [0.25, 0.3) is 0 Å². The van der Waals surface area contributed by atoms with E-state index in [1.807, 2.05) is 36.4 Å². The predicted molar refractivity (Wildman–Crippen MR) is 83.4 cm³/mol. The van der Waals surface area contributed by atoms with E-state index in [1.54, 1.807) is 4.68 Å². The maximum absolute atomic E-state index is 6.51. The minimum atomic E-state index is 0.544. The first-order chi connectivity index (χ1) is 10.7. The Kier molecular flexibility index (Phi) is 2.50. The van der Waals surface area contributed by atoms with E-state index in [0.29, 0.717) is 17.8 Å². The molecule has 3 aromatic rings. The van der Waals surface area contributed by atoms with Gasteiger partial charge < -0.3 is 4.74 Å². The molecule has 0 bridgehead atoms. The van der Waals surface area contributed by atoms with Crippen molar-refractivity contribution in [1.82, 2.24) is 19.6 Å². The van der Waals surface area contributed by atoms with Gasteiger partial charge in [-0.15, -0.1) is 0 Å². The quantitative estimate of drug-likeness (QED) is 0.730. The van der Waals surface area contributed by atoms with E-state index >= 15 is 0 Å². The van der Waals surface area contributed by atoms with Crippen molar-refractivity contribution in [2.45, 2.75) is 5.92 Å². The summed E-state index contributed by atoms with van der Waals surface area (Å²) >= 11 is 6.51. The number of hydrogen-bond acceptors (Lipinski definition) is 3. The van der Waals surface area contributed by atoms with Gasteiger partial charge in [0, 0.05) is 17.5 Å². The van der Waals surface area contributed by atoms with Gasteiger partial charge in [-0.05, 0) is 35.4 Å². The standard InChI is InChI=1S/C16H15ClN4O/c1-20-6-10(5-18-20)21-15-3-11(14(17)2-9(15)4-19-21)16-12-7-22-8-13(12)16/h2-6,12-13,16H,7-8H2,1H3/t12-,13?,16-/m1/s1. The van der Waals surface area contributed by atoms with Crippen molar-refractivity contribution in [2.75, 3.05) is 13.2 Å². The van der Waals surface area contributed by atoms with Gasteiger partial charge in [-0.1, -0.05) is 11.6 Å². The van der Waals surface area contributed by atoms with Gasteiger partial charge in [-0.2, -0.15) is 10.2 Å². The summed E-state index contributed by atoms with van der Waals surface area (Å²) in [6.45, 7) is 1.73. The molecule has 1 unspecified atom stereocenters. The Labute approximate surface area is 132 Å². The van der Waals surface area contributed by atoms with Crippen molar-refractivity contribution in [2.24, 2.45) is 18.9 Å². The van der Waals surface area contributed by atoms with Gasteiger partial charge in [0.15, 0.2) is 0 Å². The summed E-state index contributed by atoms with van der Waals surface area (Å²) in [5, 5.41) is 10.6. The molecule has 1 aromatic carbocycles. The highest BCUT2D eigenvalue weighted by Crippen LogP contribution is 2.59. The lowest BCUT2D eigenvalue weighted by Gasteiger charge is -2.08. The summed E-state index contributed by atoms with van der Waals surface area (Å²) in [7, 11) is 1.91. The van der Waals surface area contributed by atoms with E-state index in [-0.39, 0.29) is 0 Å². The molecular formula is C16H15ClN4O. The van der Waals surface area contributed by atoms with E-state index in [2.05, 4.69) is 16.3 Å². The zero-order valence-electron chi connectivity index (χ0n) is 12.1. The van der Waals surface area contributed by atoms with Crippen molar-refractivity contribution in [3.63, 3.8) is 0 Å². The van der Waals surface area contributed by atoms with Crippen LogP contribution < -0.4 is 0 Å². The Morgan fingerprint density at radius 2 is 2.00 bits per heavy atom. The fourth-order valence-electron chi connectivity index (χ4n) is 3.74. The number of benzene rings is 1. The SMILES string of the molecule is Cn1cc(-n2ncc3cc(Cl)c([C@H]4C5COC[C@H]54)cc32)cn1. The normalized spacial score (nSPS) is 26.5. The fourth-order valence-corrected chi connectivity index (χ4v) is 4.04. The predicted octanol–water partition coefficient (Wildman–Crippen LogP) is 2.77. The summed E-state index contributed by atoms with van der Waals surface area (Å²) in [5.41, 5.74) is 3.28. The topological polar surface area (TPSA) is 44.9 Å². The van der Waals surface area contributed by atoms with Crippen LogP contribution in [0.4, 0.5) is 0 Å². The minimum absolute atomic E-state index is 0.544. The number of rotatable bonds is 2. The van der Waals surface area contributed by atoms with Crippen molar-refractivity contribution in [3.8, 4) is 5.69 Å². The van der Waals surface area contributed by atoms with Crippen molar-refractivity contribution < 1.29 is 4.74 Å². The van der Waals surface area contributed by atoms with E-state index in [0.717, 1.165) is 34.8 Å². The summed E-state index contributed by atoms with van der Waals surface area (Å²) in [4.78, 5) is 0. The van der Waals surface area contributed by atoms with E-state index in [9.17, 15) is 0 Å². The zero-order valence-corrected chi connectivity index (χ0v) is 12.9.